The second-order valence-electron chi connectivity index (χ2n) is 6.17. The first-order valence-corrected chi connectivity index (χ1v) is 8.16. The van der Waals surface area contributed by atoms with Gasteiger partial charge in [-0.1, -0.05) is 12.1 Å². The van der Waals surface area contributed by atoms with Gasteiger partial charge >= 0.3 is 5.97 Å². The van der Waals surface area contributed by atoms with Gasteiger partial charge in [-0.2, -0.15) is 0 Å². The molecule has 138 valence electrons. The molecule has 0 spiro atoms. The van der Waals surface area contributed by atoms with Crippen molar-refractivity contribution in [1.29, 1.82) is 0 Å². The quantitative estimate of drug-likeness (QED) is 0.606. The number of aryl methyl sites for hydroxylation is 3. The van der Waals surface area contributed by atoms with E-state index in [1.54, 1.807) is 6.92 Å². The third kappa shape index (κ3) is 3.37. The summed E-state index contributed by atoms with van der Waals surface area (Å²) in [5, 5.41) is 29.8. The Kier molecular flexibility index (Phi) is 4.64. The van der Waals surface area contributed by atoms with E-state index in [9.17, 15) is 14.7 Å². The number of aromatic amines is 1. The van der Waals surface area contributed by atoms with Crippen molar-refractivity contribution < 1.29 is 15.0 Å². The van der Waals surface area contributed by atoms with Crippen LogP contribution in [0.4, 0.5) is 11.4 Å². The van der Waals surface area contributed by atoms with Crippen LogP contribution in [0.3, 0.4) is 0 Å². The number of phenols is 1. The zero-order chi connectivity index (χ0) is 19.7. The Morgan fingerprint density at radius 2 is 1.81 bits per heavy atom. The molecule has 0 radical (unpaired) electrons. The van der Waals surface area contributed by atoms with E-state index in [0.717, 1.165) is 11.1 Å². The SMILES string of the molecule is Cc1ccc(-n2[nH]c(C)c(N=Nc3cccc(C(=O)O)c3O)c2=O)cc1C. The van der Waals surface area contributed by atoms with E-state index >= 15 is 0 Å². The zero-order valence-corrected chi connectivity index (χ0v) is 15.0. The molecule has 0 aliphatic carbocycles. The lowest BCUT2D eigenvalue weighted by Gasteiger charge is -2.05. The van der Waals surface area contributed by atoms with Crippen LogP contribution < -0.4 is 5.56 Å². The minimum absolute atomic E-state index is 0.0346. The molecule has 0 unspecified atom stereocenters. The molecule has 0 saturated heterocycles. The number of azo groups is 1. The van der Waals surface area contributed by atoms with E-state index in [4.69, 9.17) is 5.11 Å². The van der Waals surface area contributed by atoms with Gasteiger partial charge in [-0.3, -0.25) is 9.89 Å². The minimum Gasteiger partial charge on any atom is -0.505 e. The number of nitrogens with zero attached hydrogens (tertiary/aromatic N) is 3. The summed E-state index contributed by atoms with van der Waals surface area (Å²) in [4.78, 5) is 23.8. The van der Waals surface area contributed by atoms with Crippen molar-refractivity contribution in [3.8, 4) is 11.4 Å². The lowest BCUT2D eigenvalue weighted by Crippen LogP contribution is -2.14. The van der Waals surface area contributed by atoms with E-state index < -0.39 is 17.3 Å². The van der Waals surface area contributed by atoms with Gasteiger partial charge in [-0.05, 0) is 56.2 Å². The van der Waals surface area contributed by atoms with E-state index in [0.29, 0.717) is 11.4 Å². The Morgan fingerprint density at radius 1 is 1.07 bits per heavy atom. The summed E-state index contributed by atoms with van der Waals surface area (Å²) in [7, 11) is 0. The van der Waals surface area contributed by atoms with Gasteiger partial charge in [0.25, 0.3) is 5.56 Å². The average Bonchev–Trinajstić information content (AvgIpc) is 2.90. The van der Waals surface area contributed by atoms with Crippen LogP contribution in [0, 0.1) is 20.8 Å². The predicted molar refractivity (Wildman–Crippen MR) is 99.8 cm³/mol. The Labute approximate surface area is 154 Å². The van der Waals surface area contributed by atoms with Crippen molar-refractivity contribution >= 4 is 17.3 Å². The number of hydrogen-bond donors (Lipinski definition) is 3. The van der Waals surface area contributed by atoms with Crippen LogP contribution in [-0.4, -0.2) is 26.0 Å². The normalized spacial score (nSPS) is 11.2. The molecule has 3 aromatic rings. The van der Waals surface area contributed by atoms with Crippen LogP contribution in [0.2, 0.25) is 0 Å². The lowest BCUT2D eigenvalue weighted by molar-refractivity contribution is 0.0694. The molecule has 0 bridgehead atoms. The highest BCUT2D eigenvalue weighted by molar-refractivity contribution is 5.92. The number of para-hydroxylation sites is 1. The highest BCUT2D eigenvalue weighted by Gasteiger charge is 2.15. The second-order valence-corrected chi connectivity index (χ2v) is 6.17. The first kappa shape index (κ1) is 18.1. The van der Waals surface area contributed by atoms with Crippen molar-refractivity contribution in [3.05, 3.63) is 69.1 Å². The molecule has 8 nitrogen and oxygen atoms in total. The number of benzene rings is 2. The van der Waals surface area contributed by atoms with Gasteiger partial charge < -0.3 is 10.2 Å². The molecule has 1 heterocycles. The minimum atomic E-state index is -1.28. The summed E-state index contributed by atoms with van der Waals surface area (Å²) < 4.78 is 1.36. The van der Waals surface area contributed by atoms with E-state index in [-0.39, 0.29) is 16.9 Å². The van der Waals surface area contributed by atoms with Gasteiger partial charge in [0.1, 0.15) is 11.3 Å². The van der Waals surface area contributed by atoms with Gasteiger partial charge in [0, 0.05) is 0 Å². The van der Waals surface area contributed by atoms with E-state index in [1.165, 1.54) is 22.9 Å². The van der Waals surface area contributed by atoms with Crippen LogP contribution in [-0.2, 0) is 0 Å². The van der Waals surface area contributed by atoms with E-state index in [2.05, 4.69) is 15.3 Å². The van der Waals surface area contributed by atoms with E-state index in [1.807, 2.05) is 32.0 Å². The summed E-state index contributed by atoms with van der Waals surface area (Å²) in [5.74, 6) is -1.78. The number of carboxylic acid groups (broad SMARTS) is 1. The molecular formula is C19H18N4O4. The molecule has 0 fully saturated rings. The number of aromatic nitrogens is 2. The van der Waals surface area contributed by atoms with Crippen molar-refractivity contribution in [2.45, 2.75) is 20.8 Å². The monoisotopic (exact) mass is 366 g/mol. The smallest absolute Gasteiger partial charge is 0.339 e. The fourth-order valence-electron chi connectivity index (χ4n) is 2.59. The van der Waals surface area contributed by atoms with Gasteiger partial charge in [0.05, 0.1) is 11.4 Å². The fraction of sp³-hybridized carbons (Fsp3) is 0.158. The first-order chi connectivity index (χ1) is 12.8. The topological polar surface area (TPSA) is 120 Å². The number of rotatable bonds is 4. The standard InChI is InChI=1S/C19H18N4O4/c1-10-7-8-13(9-11(10)2)23-18(25)16(12(3)22-23)21-20-15-6-4-5-14(17(15)24)19(26)27/h4-9,22,24H,1-3H3,(H,26,27). The number of carboxylic acids is 1. The average molecular weight is 366 g/mol. The number of carbonyl (C=O) groups is 1. The number of hydrogen-bond acceptors (Lipinski definition) is 5. The van der Waals surface area contributed by atoms with Gasteiger partial charge in [0.2, 0.25) is 0 Å². The maximum absolute atomic E-state index is 12.7. The zero-order valence-electron chi connectivity index (χ0n) is 15.0. The summed E-state index contributed by atoms with van der Waals surface area (Å²) in [5.41, 5.74) is 2.69. The molecule has 0 amide bonds. The van der Waals surface area contributed by atoms with Crippen molar-refractivity contribution in [2.24, 2.45) is 10.2 Å². The van der Waals surface area contributed by atoms with Gasteiger partial charge in [-0.15, -0.1) is 10.2 Å². The Bertz CT molecular complexity index is 1130. The molecule has 3 rings (SSSR count). The molecular weight excluding hydrogens is 348 g/mol. The summed E-state index contributed by atoms with van der Waals surface area (Å²) >= 11 is 0. The molecule has 1 aromatic heterocycles. The Hall–Kier alpha value is -3.68. The highest BCUT2D eigenvalue weighted by atomic mass is 16.4. The summed E-state index contributed by atoms with van der Waals surface area (Å²) in [6.45, 7) is 5.62. The molecule has 3 N–H and O–H groups in total. The molecule has 27 heavy (non-hydrogen) atoms. The molecule has 8 heteroatoms. The highest BCUT2D eigenvalue weighted by Crippen LogP contribution is 2.31. The van der Waals surface area contributed by atoms with Crippen LogP contribution in [0.25, 0.3) is 5.69 Å². The van der Waals surface area contributed by atoms with Crippen LogP contribution >= 0.6 is 0 Å². The van der Waals surface area contributed by atoms with Gasteiger partial charge in [-0.25, -0.2) is 9.48 Å². The second kappa shape index (κ2) is 6.91. The van der Waals surface area contributed by atoms with Crippen LogP contribution in [0.15, 0.2) is 51.4 Å². The molecule has 0 aliphatic rings. The number of aromatic carboxylic acids is 1. The van der Waals surface area contributed by atoms with Crippen LogP contribution in [0.5, 0.6) is 5.75 Å². The van der Waals surface area contributed by atoms with Crippen molar-refractivity contribution in [3.63, 3.8) is 0 Å². The number of H-pyrrole nitrogens is 1. The summed E-state index contributed by atoms with van der Waals surface area (Å²) in [6.07, 6.45) is 0. The predicted octanol–water partition coefficient (Wildman–Crippen LogP) is 3.91. The molecule has 0 saturated carbocycles. The summed E-state index contributed by atoms with van der Waals surface area (Å²) in [6, 6.07) is 9.73. The molecule has 0 aliphatic heterocycles. The van der Waals surface area contributed by atoms with Gasteiger partial charge in [0.15, 0.2) is 11.4 Å². The number of nitrogens with one attached hydrogen (secondary N) is 1. The number of aromatic hydroxyl groups is 1. The maximum atomic E-state index is 12.7. The Morgan fingerprint density at radius 3 is 2.48 bits per heavy atom. The fourth-order valence-corrected chi connectivity index (χ4v) is 2.59. The lowest BCUT2D eigenvalue weighted by atomic mass is 10.1. The Balaban J connectivity index is 2.02. The van der Waals surface area contributed by atoms with Crippen molar-refractivity contribution in [2.75, 3.05) is 0 Å². The largest absolute Gasteiger partial charge is 0.505 e. The third-order valence-electron chi connectivity index (χ3n) is 4.29. The molecule has 2 aromatic carbocycles. The first-order valence-electron chi connectivity index (χ1n) is 8.16. The van der Waals surface area contributed by atoms with Crippen LogP contribution in [0.1, 0.15) is 27.2 Å². The molecule has 0 atom stereocenters. The van der Waals surface area contributed by atoms with Crippen molar-refractivity contribution in [1.82, 2.24) is 9.78 Å². The third-order valence-corrected chi connectivity index (χ3v) is 4.29. The maximum Gasteiger partial charge on any atom is 0.339 e.